The molecule has 0 aliphatic rings. The first kappa shape index (κ1) is 16.8. The van der Waals surface area contributed by atoms with Crippen LogP contribution in [0.2, 0.25) is 0 Å². The molecule has 0 N–H and O–H groups in total. The van der Waals surface area contributed by atoms with Gasteiger partial charge in [0.2, 0.25) is 0 Å². The third kappa shape index (κ3) is 3.79. The van der Waals surface area contributed by atoms with Gasteiger partial charge in [-0.1, -0.05) is 29.8 Å². The minimum Gasteiger partial charge on any atom is -0.380 e. The zero-order valence-corrected chi connectivity index (χ0v) is 15.1. The molecule has 2 rings (SSSR count). The number of ether oxygens (including phenoxy) is 1. The van der Waals surface area contributed by atoms with Crippen LogP contribution in [0.15, 0.2) is 22.7 Å². The molecule has 0 radical (unpaired) electrons. The lowest BCUT2D eigenvalue weighted by Gasteiger charge is -2.25. The van der Waals surface area contributed by atoms with Gasteiger partial charge in [-0.05, 0) is 31.0 Å². The molecule has 5 heteroatoms. The molecule has 0 spiro atoms. The number of alkyl halides is 1. The number of benzene rings is 1. The lowest BCUT2D eigenvalue weighted by atomic mass is 10.0. The molecule has 1 atom stereocenters. The second-order valence-corrected chi connectivity index (χ2v) is 6.73. The van der Waals surface area contributed by atoms with Crippen molar-refractivity contribution in [3.05, 3.63) is 28.5 Å². The smallest absolute Gasteiger partial charge is 0.111 e. The quantitative estimate of drug-likeness (QED) is 0.651. The van der Waals surface area contributed by atoms with Gasteiger partial charge in [-0.2, -0.15) is 0 Å². The topological polar surface area (TPSA) is 27.1 Å². The standard InChI is InChI=1S/C16H22BrClN2O/c1-4-21-10-15(11(2)3)20-14-6-5-12(17)9-13(14)19-16(20)7-8-18/h5-6,9,11,15H,4,7-8,10H2,1-3H3. The van der Waals surface area contributed by atoms with Crippen LogP contribution in [0.3, 0.4) is 0 Å². The van der Waals surface area contributed by atoms with E-state index in [2.05, 4.69) is 52.5 Å². The number of rotatable bonds is 7. The van der Waals surface area contributed by atoms with Crippen LogP contribution in [0.25, 0.3) is 11.0 Å². The highest BCUT2D eigenvalue weighted by atomic mass is 79.9. The zero-order valence-electron chi connectivity index (χ0n) is 12.8. The second-order valence-electron chi connectivity index (χ2n) is 5.44. The van der Waals surface area contributed by atoms with E-state index in [1.54, 1.807) is 0 Å². The minimum atomic E-state index is 0.273. The summed E-state index contributed by atoms with van der Waals surface area (Å²) in [4.78, 5) is 4.77. The Morgan fingerprint density at radius 1 is 1.38 bits per heavy atom. The van der Waals surface area contributed by atoms with Crippen molar-refractivity contribution in [3.63, 3.8) is 0 Å². The summed E-state index contributed by atoms with van der Waals surface area (Å²) in [6.07, 6.45) is 0.767. The first-order chi connectivity index (χ1) is 10.1. The Kier molecular flexibility index (Phi) is 6.08. The van der Waals surface area contributed by atoms with Gasteiger partial charge in [0, 0.05) is 23.4 Å². The number of imidazole rings is 1. The number of hydrogen-bond donors (Lipinski definition) is 0. The number of aryl methyl sites for hydroxylation is 1. The first-order valence-electron chi connectivity index (χ1n) is 7.38. The molecule has 0 bridgehead atoms. The van der Waals surface area contributed by atoms with Crippen molar-refractivity contribution < 1.29 is 4.74 Å². The highest BCUT2D eigenvalue weighted by Gasteiger charge is 2.22. The Labute approximate surface area is 139 Å². The van der Waals surface area contributed by atoms with Crippen LogP contribution in [0.1, 0.15) is 32.6 Å². The van der Waals surface area contributed by atoms with Gasteiger partial charge in [0.25, 0.3) is 0 Å². The molecule has 0 aliphatic heterocycles. The van der Waals surface area contributed by atoms with Crippen LogP contribution >= 0.6 is 27.5 Å². The van der Waals surface area contributed by atoms with Gasteiger partial charge in [0.1, 0.15) is 5.82 Å². The molecule has 1 aromatic heterocycles. The monoisotopic (exact) mass is 372 g/mol. The summed E-state index contributed by atoms with van der Waals surface area (Å²) in [5, 5.41) is 0. The van der Waals surface area contributed by atoms with E-state index < -0.39 is 0 Å². The fourth-order valence-corrected chi connectivity index (χ4v) is 3.07. The number of hydrogen-bond acceptors (Lipinski definition) is 2. The molecule has 0 amide bonds. The maximum atomic E-state index is 5.96. The molecule has 0 aliphatic carbocycles. The van der Waals surface area contributed by atoms with Crippen LogP contribution in [-0.2, 0) is 11.2 Å². The van der Waals surface area contributed by atoms with E-state index in [9.17, 15) is 0 Å². The van der Waals surface area contributed by atoms with Crippen molar-refractivity contribution in [2.75, 3.05) is 19.1 Å². The van der Waals surface area contributed by atoms with Crippen molar-refractivity contribution in [1.82, 2.24) is 9.55 Å². The molecule has 1 aromatic carbocycles. The van der Waals surface area contributed by atoms with Gasteiger partial charge < -0.3 is 9.30 Å². The Bertz CT molecular complexity index is 597. The van der Waals surface area contributed by atoms with Crippen molar-refractivity contribution in [1.29, 1.82) is 0 Å². The molecular formula is C16H22BrClN2O. The van der Waals surface area contributed by atoms with Crippen LogP contribution in [0.4, 0.5) is 0 Å². The zero-order chi connectivity index (χ0) is 15.4. The van der Waals surface area contributed by atoms with E-state index in [4.69, 9.17) is 21.3 Å². The minimum absolute atomic E-state index is 0.273. The van der Waals surface area contributed by atoms with Crippen molar-refractivity contribution in [2.45, 2.75) is 33.2 Å². The highest BCUT2D eigenvalue weighted by Crippen LogP contribution is 2.28. The summed E-state index contributed by atoms with van der Waals surface area (Å²) in [5.41, 5.74) is 2.16. The Morgan fingerprint density at radius 2 is 2.14 bits per heavy atom. The van der Waals surface area contributed by atoms with E-state index in [0.29, 0.717) is 18.4 Å². The molecule has 0 saturated carbocycles. The first-order valence-corrected chi connectivity index (χ1v) is 8.71. The summed E-state index contributed by atoms with van der Waals surface area (Å²) < 4.78 is 9.05. The molecule has 1 unspecified atom stereocenters. The van der Waals surface area contributed by atoms with E-state index in [0.717, 1.165) is 34.4 Å². The average molecular weight is 374 g/mol. The summed E-state index contributed by atoms with van der Waals surface area (Å²) in [7, 11) is 0. The molecule has 0 fully saturated rings. The maximum Gasteiger partial charge on any atom is 0.111 e. The molecule has 2 aromatic rings. The number of fused-ring (bicyclic) bond motifs is 1. The van der Waals surface area contributed by atoms with Crippen LogP contribution in [0.5, 0.6) is 0 Å². The highest BCUT2D eigenvalue weighted by molar-refractivity contribution is 9.10. The second kappa shape index (κ2) is 7.61. The molecule has 21 heavy (non-hydrogen) atoms. The SMILES string of the molecule is CCOCC(C(C)C)n1c(CCCl)nc2cc(Br)ccc21. The van der Waals surface area contributed by atoms with Crippen molar-refractivity contribution in [3.8, 4) is 0 Å². The van der Waals surface area contributed by atoms with Crippen molar-refractivity contribution >= 4 is 38.6 Å². The third-order valence-corrected chi connectivity index (χ3v) is 4.32. The fourth-order valence-electron chi connectivity index (χ4n) is 2.56. The normalized spacial score (nSPS) is 13.2. The van der Waals surface area contributed by atoms with E-state index in [-0.39, 0.29) is 6.04 Å². The largest absolute Gasteiger partial charge is 0.380 e. The van der Waals surface area contributed by atoms with E-state index >= 15 is 0 Å². The molecule has 1 heterocycles. The summed E-state index contributed by atoms with van der Waals surface area (Å²) in [6.45, 7) is 7.90. The lowest BCUT2D eigenvalue weighted by Crippen LogP contribution is -2.23. The van der Waals surface area contributed by atoms with Gasteiger partial charge in [0.05, 0.1) is 23.7 Å². The Hall–Kier alpha value is -0.580. The maximum absolute atomic E-state index is 5.96. The van der Waals surface area contributed by atoms with Gasteiger partial charge in [0.15, 0.2) is 0 Å². The number of aromatic nitrogens is 2. The summed E-state index contributed by atoms with van der Waals surface area (Å²) in [6, 6.07) is 6.50. The van der Waals surface area contributed by atoms with E-state index in [1.807, 2.05) is 6.92 Å². The van der Waals surface area contributed by atoms with Gasteiger partial charge in [-0.15, -0.1) is 11.6 Å². The van der Waals surface area contributed by atoms with E-state index in [1.165, 1.54) is 0 Å². The van der Waals surface area contributed by atoms with Gasteiger partial charge in [-0.25, -0.2) is 4.98 Å². The molecule has 3 nitrogen and oxygen atoms in total. The van der Waals surface area contributed by atoms with Gasteiger partial charge in [-0.3, -0.25) is 0 Å². The molecule has 0 saturated heterocycles. The predicted octanol–water partition coefficient (Wildman–Crippen LogP) is 4.81. The third-order valence-electron chi connectivity index (χ3n) is 3.64. The summed E-state index contributed by atoms with van der Waals surface area (Å²) >= 11 is 9.47. The van der Waals surface area contributed by atoms with Crippen LogP contribution in [-0.4, -0.2) is 28.6 Å². The number of nitrogens with zero attached hydrogens (tertiary/aromatic N) is 2. The summed E-state index contributed by atoms with van der Waals surface area (Å²) in [5.74, 6) is 2.08. The Balaban J connectivity index is 2.53. The number of halogens is 2. The lowest BCUT2D eigenvalue weighted by molar-refractivity contribution is 0.0969. The van der Waals surface area contributed by atoms with Crippen LogP contribution in [0, 0.1) is 5.92 Å². The average Bonchev–Trinajstić information content (AvgIpc) is 2.77. The van der Waals surface area contributed by atoms with Gasteiger partial charge >= 0.3 is 0 Å². The van der Waals surface area contributed by atoms with Crippen LogP contribution < -0.4 is 0 Å². The Morgan fingerprint density at radius 3 is 2.76 bits per heavy atom. The molecule has 116 valence electrons. The predicted molar refractivity (Wildman–Crippen MR) is 92.2 cm³/mol. The fraction of sp³-hybridized carbons (Fsp3) is 0.562. The molecular weight excluding hydrogens is 352 g/mol. The van der Waals surface area contributed by atoms with Crippen molar-refractivity contribution in [2.24, 2.45) is 5.92 Å².